The van der Waals surface area contributed by atoms with Crippen LogP contribution >= 0.6 is 0 Å². The van der Waals surface area contributed by atoms with E-state index in [0.29, 0.717) is 30.3 Å². The summed E-state index contributed by atoms with van der Waals surface area (Å²) < 4.78 is 42.5. The van der Waals surface area contributed by atoms with Crippen molar-refractivity contribution in [3.05, 3.63) is 105 Å². The first-order valence-corrected chi connectivity index (χ1v) is 24.7. The molecule has 438 valence electrons. The normalized spacial score (nSPS) is 24.5. The predicted molar refractivity (Wildman–Crippen MR) is 268 cm³/mol. The second-order valence-corrected chi connectivity index (χ2v) is 20.2. The minimum atomic E-state index is -3.09. The second kappa shape index (κ2) is 18.5. The number of esters is 5. The molecule has 30 nitrogen and oxygen atoms in total. The summed E-state index contributed by atoms with van der Waals surface area (Å²) in [5.74, 6) is -36.5. The summed E-state index contributed by atoms with van der Waals surface area (Å²) in [5.41, 5.74) is -12.8. The van der Waals surface area contributed by atoms with E-state index in [1.807, 2.05) is 0 Å². The van der Waals surface area contributed by atoms with E-state index in [9.17, 15) is 96.4 Å². The molecule has 1 spiro atoms. The minimum absolute atomic E-state index is 0.0519. The van der Waals surface area contributed by atoms with Crippen molar-refractivity contribution in [2.24, 2.45) is 5.92 Å². The van der Waals surface area contributed by atoms with Crippen LogP contribution in [0, 0.1) is 5.92 Å². The van der Waals surface area contributed by atoms with Crippen LogP contribution in [0.4, 0.5) is 0 Å². The van der Waals surface area contributed by atoms with Gasteiger partial charge in [0.25, 0.3) is 0 Å². The zero-order chi connectivity index (χ0) is 61.1. The molecular formula is C55H38O30. The highest BCUT2D eigenvalue weighted by Crippen LogP contribution is 2.67. The topological polar surface area (TPSA) is 511 Å². The highest BCUT2D eigenvalue weighted by atomic mass is 16.6. The molecule has 0 saturated carbocycles. The third-order valence-electron chi connectivity index (χ3n) is 15.5. The van der Waals surface area contributed by atoms with Gasteiger partial charge in [0, 0.05) is 45.9 Å². The molecule has 5 heterocycles. The average molecular weight is 1180 g/mol. The van der Waals surface area contributed by atoms with E-state index < -0.39 is 256 Å². The molecule has 0 unspecified atom stereocenters. The van der Waals surface area contributed by atoms with E-state index in [1.54, 1.807) is 0 Å². The zero-order valence-corrected chi connectivity index (χ0v) is 42.1. The quantitative estimate of drug-likeness (QED) is 0.0684. The van der Waals surface area contributed by atoms with Gasteiger partial charge in [-0.1, -0.05) is 6.07 Å². The van der Waals surface area contributed by atoms with Gasteiger partial charge in [-0.15, -0.1) is 0 Å². The Morgan fingerprint density at radius 1 is 0.529 bits per heavy atom. The van der Waals surface area contributed by atoms with Crippen molar-refractivity contribution in [2.45, 2.75) is 54.6 Å². The fraction of sp³-hybridized carbons (Fsp3) is 0.200. The van der Waals surface area contributed by atoms with Crippen molar-refractivity contribution in [1.82, 2.24) is 0 Å². The smallest absolute Gasteiger partial charge is 0.339 e. The van der Waals surface area contributed by atoms with E-state index in [1.165, 1.54) is 6.07 Å². The highest BCUT2D eigenvalue weighted by molar-refractivity contribution is 6.21. The van der Waals surface area contributed by atoms with Crippen LogP contribution in [0.15, 0.2) is 60.4 Å². The summed E-state index contributed by atoms with van der Waals surface area (Å²) in [6.07, 6.45) is -14.9. The summed E-state index contributed by atoms with van der Waals surface area (Å²) >= 11 is 0. The third kappa shape index (κ3) is 7.60. The number of carbonyl (C=O) groups is 6. The van der Waals surface area contributed by atoms with E-state index in [2.05, 4.69) is 0 Å². The summed E-state index contributed by atoms with van der Waals surface area (Å²) in [7, 11) is 0. The fourth-order valence-corrected chi connectivity index (χ4v) is 11.7. The molecule has 9 atom stereocenters. The van der Waals surface area contributed by atoms with Crippen molar-refractivity contribution in [2.75, 3.05) is 6.61 Å². The SMILES string of the molecule is O=C(O[C@@H]1COC(=O)c2cc(O)c(O)c(O)c2-c2c(cc(O)c(O)c2O)C(=O)O[C@H]1[C@@H]1OC(=O)c2cc(O)c(O)c(O)c2C2=C(O)C(=O)[C@]34Oc5cc(O)c6c(c5[C@H]3[C@@H]1OC(=O)[C@H]24)O[C@H](c1ccc(O)c(O)c1)[C@H](O)C6)c1cc(O)c(O)c(O)c1. The Labute approximate surface area is 469 Å². The van der Waals surface area contributed by atoms with Crippen LogP contribution in [-0.2, 0) is 39.7 Å². The Morgan fingerprint density at radius 3 is 1.66 bits per heavy atom. The number of Topliss-reactive ketones (excluding diaryl/α,β-unsaturated/α-hetero) is 1. The number of carbonyl (C=O) groups excluding carboxylic acids is 6. The fourth-order valence-electron chi connectivity index (χ4n) is 11.7. The van der Waals surface area contributed by atoms with Gasteiger partial charge in [-0.3, -0.25) is 9.59 Å². The summed E-state index contributed by atoms with van der Waals surface area (Å²) in [4.78, 5) is 90.1. The van der Waals surface area contributed by atoms with Gasteiger partial charge in [-0.2, -0.15) is 0 Å². The van der Waals surface area contributed by atoms with Gasteiger partial charge >= 0.3 is 29.8 Å². The van der Waals surface area contributed by atoms with Crippen molar-refractivity contribution in [1.29, 1.82) is 0 Å². The summed E-state index contributed by atoms with van der Waals surface area (Å²) in [5, 5.41) is 187. The number of aliphatic hydroxyl groups excluding tert-OH is 2. The van der Waals surface area contributed by atoms with Gasteiger partial charge in [0.1, 0.15) is 35.9 Å². The summed E-state index contributed by atoms with van der Waals surface area (Å²) in [6.45, 7) is -1.57. The molecule has 17 N–H and O–H groups in total. The number of benzene rings is 6. The van der Waals surface area contributed by atoms with E-state index in [4.69, 9.17) is 33.2 Å². The van der Waals surface area contributed by atoms with Gasteiger partial charge in [-0.25, -0.2) is 19.2 Å². The van der Waals surface area contributed by atoms with Crippen LogP contribution in [0.25, 0.3) is 16.7 Å². The first kappa shape index (κ1) is 54.0. The van der Waals surface area contributed by atoms with E-state index in [0.717, 1.165) is 18.2 Å². The van der Waals surface area contributed by atoms with Crippen molar-refractivity contribution >= 4 is 41.2 Å². The monoisotopic (exact) mass is 1180 g/mol. The number of ketones is 1. The highest BCUT2D eigenvalue weighted by Gasteiger charge is 2.76. The minimum Gasteiger partial charge on any atom is -0.507 e. The number of hydrogen-bond donors (Lipinski definition) is 17. The Kier molecular flexibility index (Phi) is 11.8. The lowest BCUT2D eigenvalue weighted by atomic mass is 9.66. The molecule has 1 aliphatic carbocycles. The molecule has 4 bridgehead atoms. The molecule has 6 aromatic rings. The number of aliphatic hydroxyl groups is 2. The van der Waals surface area contributed by atoms with Crippen molar-refractivity contribution < 1.29 is 149 Å². The van der Waals surface area contributed by atoms with Crippen LogP contribution in [0.5, 0.6) is 97.7 Å². The molecule has 0 aromatic heterocycles. The van der Waals surface area contributed by atoms with Crippen molar-refractivity contribution in [3.63, 3.8) is 0 Å². The lowest BCUT2D eigenvalue weighted by molar-refractivity contribution is -0.200. The Morgan fingerprint density at radius 2 is 1.07 bits per heavy atom. The third-order valence-corrected chi connectivity index (χ3v) is 15.5. The zero-order valence-electron chi connectivity index (χ0n) is 42.1. The second-order valence-electron chi connectivity index (χ2n) is 20.2. The molecule has 6 aromatic carbocycles. The molecule has 5 aliphatic heterocycles. The van der Waals surface area contributed by atoms with Gasteiger partial charge < -0.3 is 120 Å². The van der Waals surface area contributed by atoms with Gasteiger partial charge in [-0.05, 0) is 48.0 Å². The van der Waals surface area contributed by atoms with Crippen LogP contribution < -0.4 is 9.47 Å². The van der Waals surface area contributed by atoms with Crippen LogP contribution in [-0.4, -0.2) is 165 Å². The lowest BCUT2D eigenvalue weighted by Crippen LogP contribution is -2.65. The van der Waals surface area contributed by atoms with Gasteiger partial charge in [0.2, 0.25) is 28.6 Å². The number of cyclic esters (lactones) is 3. The molecule has 85 heavy (non-hydrogen) atoms. The van der Waals surface area contributed by atoms with Crippen LogP contribution in [0.3, 0.4) is 0 Å². The number of aromatic hydroxyl groups is 15. The van der Waals surface area contributed by atoms with Crippen molar-refractivity contribution in [3.8, 4) is 109 Å². The number of phenolic OH excluding ortho intramolecular Hbond substituents is 15. The molecule has 12 rings (SSSR count). The van der Waals surface area contributed by atoms with E-state index in [-0.39, 0.29) is 11.1 Å². The standard InChI is InChI=1S/C55H38O30/c56-18-2-1-12(3-20(18)58)44-26(64)6-14-19(57)10-27-32(45(14)81-44)34-47-48(84-53(77)17-9-25(63)39(68)42(71)31(17)33-35(54(78)83-47)55(34,85-27)49(73)43(33)72)46-28(80-50(74)13-4-21(59)36(65)22(60)5-13)11-79-51(75)15-7-23(61)37(66)40(69)29(15)30-16(52(76)82-46)8-24(62)38(67)41(30)70/h1-5,7-10,26,28,34-35,44,46-48,56-72H,6,11H2/t26-,28-,34+,35+,44-,46-,47+,48+,55+/m1/s1. The Bertz CT molecular complexity index is 4100. The maximum atomic E-state index is 15.4. The number of ether oxygens (including phenoxy) is 7. The predicted octanol–water partition coefficient (Wildman–Crippen LogP) is 2.44. The molecule has 1 saturated heterocycles. The maximum Gasteiger partial charge on any atom is 0.339 e. The first-order valence-electron chi connectivity index (χ1n) is 24.7. The Balaban J connectivity index is 1.15. The van der Waals surface area contributed by atoms with Gasteiger partial charge in [0.05, 0.1) is 34.3 Å². The molecular weight excluding hydrogens is 1140 g/mol. The summed E-state index contributed by atoms with van der Waals surface area (Å²) in [6, 6.07) is 6.24. The molecule has 0 amide bonds. The molecule has 1 fully saturated rings. The molecule has 30 heteroatoms. The number of rotatable bonds is 4. The lowest BCUT2D eigenvalue weighted by Gasteiger charge is -2.47. The van der Waals surface area contributed by atoms with Crippen LogP contribution in [0.2, 0.25) is 0 Å². The molecule has 0 radical (unpaired) electrons. The van der Waals surface area contributed by atoms with Crippen LogP contribution in [0.1, 0.15) is 75.7 Å². The van der Waals surface area contributed by atoms with Gasteiger partial charge in [0.15, 0.2) is 93.4 Å². The number of hydrogen-bond acceptors (Lipinski definition) is 30. The first-order chi connectivity index (χ1) is 40.2. The number of fused-ring (bicyclic) bond motifs is 8. The largest absolute Gasteiger partial charge is 0.507 e. The number of phenols is 15. The maximum absolute atomic E-state index is 15.4. The van der Waals surface area contributed by atoms with E-state index >= 15 is 19.2 Å². The average Bonchev–Trinajstić information content (AvgIpc) is 1.52. The molecule has 6 aliphatic rings. The Hall–Kier alpha value is -11.6.